The number of ether oxygens (including phenoxy) is 3. The Kier molecular flexibility index (Phi) is 10.6. The number of guanidine groups is 1. The Bertz CT molecular complexity index is 602. The van der Waals surface area contributed by atoms with Gasteiger partial charge in [-0.15, -0.1) is 24.0 Å². The van der Waals surface area contributed by atoms with Gasteiger partial charge >= 0.3 is 0 Å². The fourth-order valence-corrected chi connectivity index (χ4v) is 3.37. The van der Waals surface area contributed by atoms with Gasteiger partial charge in [0.2, 0.25) is 5.75 Å². The Morgan fingerprint density at radius 3 is 2.26 bits per heavy atom. The second-order valence-corrected chi connectivity index (χ2v) is 6.79. The van der Waals surface area contributed by atoms with Crippen LogP contribution in [-0.2, 0) is 6.54 Å². The number of halogens is 1. The second-order valence-electron chi connectivity index (χ2n) is 6.79. The summed E-state index contributed by atoms with van der Waals surface area (Å²) in [5, 5.41) is 6.92. The molecule has 0 aromatic heterocycles. The number of methoxy groups -OCH3 is 3. The summed E-state index contributed by atoms with van der Waals surface area (Å²) in [6, 6.07) is 4.35. The molecule has 0 heterocycles. The van der Waals surface area contributed by atoms with E-state index in [1.807, 2.05) is 12.1 Å². The molecule has 1 fully saturated rings. The molecule has 27 heavy (non-hydrogen) atoms. The molecule has 1 aromatic carbocycles. The Hall–Kier alpha value is -1.38. The van der Waals surface area contributed by atoms with Crippen LogP contribution < -0.4 is 24.8 Å². The summed E-state index contributed by atoms with van der Waals surface area (Å²) in [6.07, 6.45) is 4.96. The number of nitrogens with zero attached hydrogens (tertiary/aromatic N) is 1. The van der Waals surface area contributed by atoms with E-state index in [0.29, 0.717) is 29.8 Å². The molecular weight excluding hydrogens is 457 g/mol. The van der Waals surface area contributed by atoms with Crippen LogP contribution in [0.3, 0.4) is 0 Å². The van der Waals surface area contributed by atoms with Crippen molar-refractivity contribution in [3.8, 4) is 17.2 Å². The van der Waals surface area contributed by atoms with E-state index in [4.69, 9.17) is 19.2 Å². The minimum Gasteiger partial charge on any atom is -0.493 e. The molecule has 2 rings (SSSR count). The van der Waals surface area contributed by atoms with Crippen molar-refractivity contribution in [2.75, 3.05) is 27.9 Å². The van der Waals surface area contributed by atoms with Gasteiger partial charge in [0.25, 0.3) is 0 Å². The number of rotatable bonds is 7. The summed E-state index contributed by atoms with van der Waals surface area (Å²) in [5.74, 6) is 3.60. The molecule has 0 saturated heterocycles. The molecule has 0 atom stereocenters. The summed E-state index contributed by atoms with van der Waals surface area (Å²) < 4.78 is 16.3. The maximum absolute atomic E-state index is 5.55. The molecule has 6 nitrogen and oxygen atoms in total. The van der Waals surface area contributed by atoms with Crippen LogP contribution in [0.1, 0.15) is 45.1 Å². The molecule has 0 radical (unpaired) electrons. The van der Waals surface area contributed by atoms with E-state index >= 15 is 0 Å². The van der Waals surface area contributed by atoms with Gasteiger partial charge in [-0.2, -0.15) is 0 Å². The molecule has 1 aromatic rings. The number of hydrogen-bond donors (Lipinski definition) is 2. The third-order valence-corrected chi connectivity index (χ3v) is 4.89. The Labute approximate surface area is 180 Å². The van der Waals surface area contributed by atoms with E-state index in [2.05, 4.69) is 24.5 Å². The molecule has 0 aliphatic heterocycles. The lowest BCUT2D eigenvalue weighted by Crippen LogP contribution is -2.44. The summed E-state index contributed by atoms with van der Waals surface area (Å²) in [6.45, 7) is 5.75. The highest BCUT2D eigenvalue weighted by molar-refractivity contribution is 14.0. The first-order valence-corrected chi connectivity index (χ1v) is 9.45. The molecule has 1 saturated carbocycles. The van der Waals surface area contributed by atoms with Gasteiger partial charge in [-0.1, -0.05) is 6.92 Å². The quantitative estimate of drug-likeness (QED) is 0.344. The van der Waals surface area contributed by atoms with Gasteiger partial charge in [0.15, 0.2) is 17.5 Å². The lowest BCUT2D eigenvalue weighted by molar-refractivity contribution is 0.322. The van der Waals surface area contributed by atoms with E-state index in [0.717, 1.165) is 24.0 Å². The zero-order valence-electron chi connectivity index (χ0n) is 17.1. The van der Waals surface area contributed by atoms with Gasteiger partial charge in [0.1, 0.15) is 0 Å². The predicted molar refractivity (Wildman–Crippen MR) is 121 cm³/mol. The van der Waals surface area contributed by atoms with Crippen molar-refractivity contribution in [1.82, 2.24) is 10.6 Å². The SMILES string of the molecule is CCNC(=NCc1ccc(OC)c(OC)c1OC)NC1CCC(C)CC1.I. The zero-order valence-corrected chi connectivity index (χ0v) is 19.5. The lowest BCUT2D eigenvalue weighted by atomic mass is 9.87. The third-order valence-electron chi connectivity index (χ3n) is 4.89. The van der Waals surface area contributed by atoms with Crippen LogP contribution in [0, 0.1) is 5.92 Å². The van der Waals surface area contributed by atoms with Gasteiger partial charge in [0, 0.05) is 18.2 Å². The van der Waals surface area contributed by atoms with Gasteiger partial charge in [-0.25, -0.2) is 4.99 Å². The van der Waals surface area contributed by atoms with Crippen molar-refractivity contribution in [2.24, 2.45) is 10.9 Å². The average Bonchev–Trinajstić information content (AvgIpc) is 2.67. The van der Waals surface area contributed by atoms with Crippen LogP contribution in [0.2, 0.25) is 0 Å². The largest absolute Gasteiger partial charge is 0.493 e. The fraction of sp³-hybridized carbons (Fsp3) is 0.650. The molecule has 7 heteroatoms. The molecule has 0 unspecified atom stereocenters. The Morgan fingerprint density at radius 1 is 1.04 bits per heavy atom. The minimum atomic E-state index is 0. The second kappa shape index (κ2) is 12.2. The van der Waals surface area contributed by atoms with E-state index in [-0.39, 0.29) is 24.0 Å². The first-order valence-electron chi connectivity index (χ1n) is 9.45. The van der Waals surface area contributed by atoms with Gasteiger partial charge in [-0.05, 0) is 50.7 Å². The smallest absolute Gasteiger partial charge is 0.203 e. The Balaban J connectivity index is 0.00000364. The number of aliphatic imine (C=N–C) groups is 1. The maximum atomic E-state index is 5.55. The van der Waals surface area contributed by atoms with Crippen LogP contribution in [0.5, 0.6) is 17.2 Å². The standard InChI is InChI=1S/C20H33N3O3.HI/c1-6-21-20(23-16-10-7-14(2)8-11-16)22-13-15-9-12-17(24-3)19(26-5)18(15)25-4;/h9,12,14,16H,6-8,10-11,13H2,1-5H3,(H2,21,22,23);1H. The summed E-state index contributed by atoms with van der Waals surface area (Å²) in [4.78, 5) is 4.75. The molecule has 0 bridgehead atoms. The van der Waals surface area contributed by atoms with Crippen molar-refractivity contribution >= 4 is 29.9 Å². The normalized spacial score (nSPS) is 19.7. The first-order chi connectivity index (χ1) is 12.6. The van der Waals surface area contributed by atoms with E-state index < -0.39 is 0 Å². The van der Waals surface area contributed by atoms with Gasteiger partial charge in [0.05, 0.1) is 27.9 Å². The molecule has 1 aliphatic carbocycles. The topological polar surface area (TPSA) is 64.1 Å². The number of hydrogen-bond acceptors (Lipinski definition) is 4. The summed E-state index contributed by atoms with van der Waals surface area (Å²) in [5.41, 5.74) is 0.958. The molecule has 1 aliphatic rings. The third kappa shape index (κ3) is 6.62. The molecular formula is C20H34IN3O3. The summed E-state index contributed by atoms with van der Waals surface area (Å²) in [7, 11) is 4.87. The molecule has 0 spiro atoms. The van der Waals surface area contributed by atoms with Crippen molar-refractivity contribution in [1.29, 1.82) is 0 Å². The average molecular weight is 491 g/mol. The first kappa shape index (κ1) is 23.7. The minimum absolute atomic E-state index is 0. The zero-order chi connectivity index (χ0) is 18.9. The fourth-order valence-electron chi connectivity index (χ4n) is 3.37. The highest BCUT2D eigenvalue weighted by atomic mass is 127. The van der Waals surface area contributed by atoms with Crippen LogP contribution in [0.15, 0.2) is 17.1 Å². The van der Waals surface area contributed by atoms with Crippen molar-refractivity contribution in [3.05, 3.63) is 17.7 Å². The maximum Gasteiger partial charge on any atom is 0.203 e. The highest BCUT2D eigenvalue weighted by Gasteiger charge is 2.19. The van der Waals surface area contributed by atoms with E-state index in [1.54, 1.807) is 21.3 Å². The number of nitrogens with one attached hydrogen (secondary N) is 2. The Morgan fingerprint density at radius 2 is 1.70 bits per heavy atom. The van der Waals surface area contributed by atoms with Gasteiger partial charge < -0.3 is 24.8 Å². The lowest BCUT2D eigenvalue weighted by Gasteiger charge is -2.28. The van der Waals surface area contributed by atoms with Crippen LogP contribution >= 0.6 is 24.0 Å². The van der Waals surface area contributed by atoms with Crippen LogP contribution in [0.4, 0.5) is 0 Å². The van der Waals surface area contributed by atoms with Crippen molar-refractivity contribution in [3.63, 3.8) is 0 Å². The van der Waals surface area contributed by atoms with Crippen LogP contribution in [0.25, 0.3) is 0 Å². The van der Waals surface area contributed by atoms with Crippen molar-refractivity contribution in [2.45, 2.75) is 52.1 Å². The van der Waals surface area contributed by atoms with E-state index in [1.165, 1.54) is 25.7 Å². The molecule has 0 amide bonds. The van der Waals surface area contributed by atoms with Crippen molar-refractivity contribution < 1.29 is 14.2 Å². The summed E-state index contributed by atoms with van der Waals surface area (Å²) >= 11 is 0. The van der Waals surface area contributed by atoms with Crippen LogP contribution in [-0.4, -0.2) is 39.9 Å². The van der Waals surface area contributed by atoms with Gasteiger partial charge in [-0.3, -0.25) is 0 Å². The monoisotopic (exact) mass is 491 g/mol. The molecule has 154 valence electrons. The molecule has 2 N–H and O–H groups in total. The number of benzene rings is 1. The van der Waals surface area contributed by atoms with E-state index in [9.17, 15) is 0 Å². The predicted octanol–water partition coefficient (Wildman–Crippen LogP) is 3.96. The highest BCUT2D eigenvalue weighted by Crippen LogP contribution is 2.39.